The van der Waals surface area contributed by atoms with Gasteiger partial charge in [-0.05, 0) is 61.2 Å². The molecule has 10 heteroatoms. The van der Waals surface area contributed by atoms with Gasteiger partial charge in [0.1, 0.15) is 11.4 Å². The minimum atomic E-state index is 0. The Bertz CT molecular complexity index is 2180. The molecular weight excluding hydrogens is 800 g/mol. The maximum Gasteiger partial charge on any atom is 2.00 e. The molecule has 0 radical (unpaired) electrons. The van der Waals surface area contributed by atoms with Gasteiger partial charge in [-0.3, -0.25) is 0 Å². The Morgan fingerprint density at radius 2 is 1.49 bits per heavy atom. The number of rotatable bonds is 13. The number of hydrogen-bond acceptors (Lipinski definition) is 7. The first kappa shape index (κ1) is 33.9. The largest absolute Gasteiger partial charge is 2.00 e. The number of para-hydroxylation sites is 1. The van der Waals surface area contributed by atoms with Crippen LogP contribution in [0.4, 0.5) is 0 Å². The summed E-state index contributed by atoms with van der Waals surface area (Å²) < 4.78 is 33.4. The number of hydrogen-bond donors (Lipinski definition) is 0. The van der Waals surface area contributed by atoms with Gasteiger partial charge in [-0.1, -0.05) is 54.0 Å². The molecule has 250 valence electrons. The van der Waals surface area contributed by atoms with E-state index < -0.39 is 0 Å². The predicted molar refractivity (Wildman–Crippen MR) is 184 cm³/mol. The van der Waals surface area contributed by atoms with Crippen LogP contribution in [0.3, 0.4) is 0 Å². The molecule has 0 saturated carbocycles. The molecule has 0 aliphatic rings. The van der Waals surface area contributed by atoms with Crippen LogP contribution < -0.4 is 14.2 Å². The second kappa shape index (κ2) is 15.5. The van der Waals surface area contributed by atoms with Crippen molar-refractivity contribution >= 4 is 21.8 Å². The fourth-order valence-electron chi connectivity index (χ4n) is 5.55. The average Bonchev–Trinajstić information content (AvgIpc) is 3.64. The third kappa shape index (κ3) is 7.10. The summed E-state index contributed by atoms with van der Waals surface area (Å²) in [5.74, 6) is 2.63. The fourth-order valence-corrected chi connectivity index (χ4v) is 5.55. The van der Waals surface area contributed by atoms with Crippen molar-refractivity contribution in [1.29, 1.82) is 0 Å². The molecular formula is C39H34N4O5Pt. The molecule has 0 N–H and O–H groups in total. The first-order valence-corrected chi connectivity index (χ1v) is 15.8. The van der Waals surface area contributed by atoms with Gasteiger partial charge in [0.05, 0.1) is 0 Å². The molecule has 7 aromatic rings. The van der Waals surface area contributed by atoms with Crippen molar-refractivity contribution in [2.24, 2.45) is 0 Å². The molecule has 0 amide bonds. The Hall–Kier alpha value is -4.95. The van der Waals surface area contributed by atoms with Crippen LogP contribution in [0.15, 0.2) is 103 Å². The molecule has 3 heterocycles. The first-order chi connectivity index (χ1) is 23.6. The summed E-state index contributed by atoms with van der Waals surface area (Å²) in [7, 11) is 0. The summed E-state index contributed by atoms with van der Waals surface area (Å²) >= 11 is 0. The molecule has 0 bridgehead atoms. The molecule has 49 heavy (non-hydrogen) atoms. The van der Waals surface area contributed by atoms with Crippen LogP contribution in [0.1, 0.15) is 19.4 Å². The van der Waals surface area contributed by atoms with Crippen molar-refractivity contribution in [1.82, 2.24) is 19.3 Å². The molecule has 4 aromatic carbocycles. The van der Waals surface area contributed by atoms with Gasteiger partial charge < -0.3 is 28.3 Å². The molecule has 0 saturated heterocycles. The Morgan fingerprint density at radius 1 is 0.735 bits per heavy atom. The number of ether oxygens (including phenoxy) is 5. The quantitative estimate of drug-likeness (QED) is 0.0656. The zero-order valence-electron chi connectivity index (χ0n) is 27.3. The van der Waals surface area contributed by atoms with Crippen molar-refractivity contribution in [2.45, 2.75) is 20.8 Å². The topological polar surface area (TPSA) is 81.8 Å². The van der Waals surface area contributed by atoms with E-state index in [9.17, 15) is 0 Å². The van der Waals surface area contributed by atoms with Gasteiger partial charge in [0.25, 0.3) is 0 Å². The van der Waals surface area contributed by atoms with Crippen molar-refractivity contribution < 1.29 is 44.7 Å². The fraction of sp³-hybridized carbons (Fsp3) is 0.179. The zero-order valence-corrected chi connectivity index (χ0v) is 29.6. The van der Waals surface area contributed by atoms with Gasteiger partial charge in [0.15, 0.2) is 13.6 Å². The van der Waals surface area contributed by atoms with Crippen LogP contribution >= 0.6 is 0 Å². The molecule has 3 aromatic heterocycles. The summed E-state index contributed by atoms with van der Waals surface area (Å²) in [6.07, 6.45) is 1.82. The Balaban J connectivity index is 0.00000417. The second-order valence-corrected chi connectivity index (χ2v) is 10.9. The molecule has 0 spiro atoms. The van der Waals surface area contributed by atoms with E-state index in [1.807, 2.05) is 92.8 Å². The van der Waals surface area contributed by atoms with E-state index >= 15 is 0 Å². The second-order valence-electron chi connectivity index (χ2n) is 10.9. The van der Waals surface area contributed by atoms with Crippen molar-refractivity contribution in [3.05, 3.63) is 121 Å². The summed E-state index contributed by atoms with van der Waals surface area (Å²) in [5.41, 5.74) is 5.16. The van der Waals surface area contributed by atoms with Crippen LogP contribution in [-0.2, 0) is 30.5 Å². The number of benzene rings is 4. The molecule has 0 aliphatic carbocycles. The van der Waals surface area contributed by atoms with E-state index in [2.05, 4.69) is 52.9 Å². The van der Waals surface area contributed by atoms with Crippen LogP contribution in [0.5, 0.6) is 23.3 Å². The van der Waals surface area contributed by atoms with E-state index in [1.165, 1.54) is 0 Å². The minimum absolute atomic E-state index is 0. The Morgan fingerprint density at radius 3 is 2.29 bits per heavy atom. The van der Waals surface area contributed by atoms with Crippen LogP contribution in [-0.4, -0.2) is 46.1 Å². The first-order valence-electron chi connectivity index (χ1n) is 15.8. The third-order valence-corrected chi connectivity index (χ3v) is 7.73. The van der Waals surface area contributed by atoms with E-state index in [0.29, 0.717) is 47.7 Å². The zero-order chi connectivity index (χ0) is 32.9. The predicted octanol–water partition coefficient (Wildman–Crippen LogP) is 8.48. The Kier molecular flexibility index (Phi) is 10.7. The summed E-state index contributed by atoms with van der Waals surface area (Å²) in [6.45, 7) is 6.95. The third-order valence-electron chi connectivity index (χ3n) is 7.73. The number of nitrogens with zero attached hydrogens (tertiary/aromatic N) is 4. The van der Waals surface area contributed by atoms with Crippen molar-refractivity contribution in [3.8, 4) is 45.9 Å². The van der Waals surface area contributed by atoms with E-state index in [4.69, 9.17) is 28.8 Å². The van der Waals surface area contributed by atoms with E-state index in [1.54, 1.807) is 4.68 Å². The van der Waals surface area contributed by atoms with E-state index in [-0.39, 0.29) is 34.7 Å². The average molecular weight is 834 g/mol. The summed E-state index contributed by atoms with van der Waals surface area (Å²) in [6, 6.07) is 38.6. The van der Waals surface area contributed by atoms with Gasteiger partial charge in [0, 0.05) is 36.4 Å². The van der Waals surface area contributed by atoms with Gasteiger partial charge in [-0.15, -0.1) is 40.8 Å². The molecule has 0 fully saturated rings. The molecule has 0 atom stereocenters. The van der Waals surface area contributed by atoms with Gasteiger partial charge in [-0.2, -0.15) is 12.1 Å². The van der Waals surface area contributed by atoms with Crippen molar-refractivity contribution in [2.75, 3.05) is 26.8 Å². The molecule has 7 rings (SSSR count). The number of aryl methyl sites for hydroxylation is 1. The number of aromatic nitrogens is 4. The van der Waals surface area contributed by atoms with Gasteiger partial charge in [-0.25, -0.2) is 9.67 Å². The number of pyridine rings is 1. The summed E-state index contributed by atoms with van der Waals surface area (Å²) in [5, 5.41) is 6.97. The maximum atomic E-state index is 6.40. The molecule has 9 nitrogen and oxygen atoms in total. The normalized spacial score (nSPS) is 11.1. The van der Waals surface area contributed by atoms with Gasteiger partial charge >= 0.3 is 21.1 Å². The van der Waals surface area contributed by atoms with Crippen LogP contribution in [0.25, 0.3) is 44.4 Å². The van der Waals surface area contributed by atoms with Crippen molar-refractivity contribution in [3.63, 3.8) is 0 Å². The standard InChI is InChI=1S/C39H34N4O5.Pt/c1-4-44-25-46-38-37(28-12-7-6-8-13-28)39(47-26-45-5-2)43(41-38)29-14-11-15-30(23-29)48-31-18-19-33-32-16-9-10-17-34(32)42(35(33)24-31)36-22-27(3)20-21-40-36;/h6-22H,4-5,25-26H2,1-3H3;/q-2;+2. The minimum Gasteiger partial charge on any atom is -0.509 e. The van der Waals surface area contributed by atoms with Gasteiger partial charge in [0.2, 0.25) is 11.8 Å². The Labute approximate surface area is 299 Å². The molecule has 0 unspecified atom stereocenters. The van der Waals surface area contributed by atoms with E-state index in [0.717, 1.165) is 38.8 Å². The van der Waals surface area contributed by atoms with Crippen LogP contribution in [0, 0.1) is 19.1 Å². The summed E-state index contributed by atoms with van der Waals surface area (Å²) in [4.78, 5) is 4.68. The maximum absolute atomic E-state index is 6.40. The molecule has 0 aliphatic heterocycles. The number of fused-ring (bicyclic) bond motifs is 3. The monoisotopic (exact) mass is 833 g/mol. The van der Waals surface area contributed by atoms with Crippen LogP contribution in [0.2, 0.25) is 0 Å². The SMILES string of the molecule is CCOCOc1nn(-c2[c-]c(Oc3[c-]c4c(cc3)c3ccccc3n4-c3cc(C)ccn3)ccc2)c(OCOCC)c1-c1ccccc1.[Pt+2]. The smallest absolute Gasteiger partial charge is 0.509 e.